The fourth-order valence-electron chi connectivity index (χ4n) is 2.45. The van der Waals surface area contributed by atoms with Crippen molar-refractivity contribution in [3.8, 4) is 11.5 Å². The third-order valence-electron chi connectivity index (χ3n) is 3.84. The van der Waals surface area contributed by atoms with Gasteiger partial charge < -0.3 is 14.2 Å². The lowest BCUT2D eigenvalue weighted by Crippen LogP contribution is -2.07. The highest BCUT2D eigenvalue weighted by Crippen LogP contribution is 2.38. The highest BCUT2D eigenvalue weighted by molar-refractivity contribution is 14.1. The van der Waals surface area contributed by atoms with Crippen LogP contribution in [0.15, 0.2) is 45.5 Å². The number of carbonyl (C=O) groups is 2. The summed E-state index contributed by atoms with van der Waals surface area (Å²) in [5, 5.41) is 0.435. The molecule has 0 saturated carbocycles. The molecule has 2 aromatic carbocycles. The lowest BCUT2D eigenvalue weighted by atomic mass is 10.1. The number of nitrogens with zero attached hydrogens (tertiary/aromatic N) is 1. The van der Waals surface area contributed by atoms with Crippen molar-refractivity contribution in [3.05, 3.63) is 60.2 Å². The Labute approximate surface area is 194 Å². The van der Waals surface area contributed by atoms with Crippen molar-refractivity contribution in [1.29, 1.82) is 0 Å². The molecule has 0 saturated heterocycles. The zero-order chi connectivity index (χ0) is 21.1. The smallest absolute Gasteiger partial charge is 0.363 e. The Hall–Kier alpha value is -1.91. The summed E-state index contributed by atoms with van der Waals surface area (Å²) in [6.07, 6.45) is 1.78. The highest BCUT2D eigenvalue weighted by atomic mass is 127. The second kappa shape index (κ2) is 9.27. The second-order valence-electron chi connectivity index (χ2n) is 5.82. The first-order valence-electron chi connectivity index (χ1n) is 8.38. The van der Waals surface area contributed by atoms with Crippen LogP contribution < -0.4 is 9.47 Å². The van der Waals surface area contributed by atoms with Crippen LogP contribution in [0.2, 0.25) is 5.02 Å². The lowest BCUT2D eigenvalue weighted by Gasteiger charge is -2.11. The van der Waals surface area contributed by atoms with E-state index in [1.165, 1.54) is 7.11 Å². The van der Waals surface area contributed by atoms with Gasteiger partial charge in [0.05, 0.1) is 22.2 Å². The standard InChI is InChI=1S/C20H14BrClINO5/c1-3-17(25)28-18-13(21)6-10(8-16(18)27-2)7-15-20(26)29-19(24-15)12-9-11(23)4-5-14(12)22/h4-9H,3H2,1-2H3. The van der Waals surface area contributed by atoms with E-state index in [1.807, 2.05) is 6.07 Å². The molecule has 0 N–H and O–H groups in total. The van der Waals surface area contributed by atoms with Crippen LogP contribution in [0.1, 0.15) is 24.5 Å². The zero-order valence-electron chi connectivity index (χ0n) is 15.3. The molecule has 150 valence electrons. The van der Waals surface area contributed by atoms with Crippen LogP contribution in [0.3, 0.4) is 0 Å². The molecule has 1 heterocycles. The summed E-state index contributed by atoms with van der Waals surface area (Å²) in [5.41, 5.74) is 1.26. The average Bonchev–Trinajstić information content (AvgIpc) is 3.05. The quantitative estimate of drug-likeness (QED) is 0.203. The highest BCUT2D eigenvalue weighted by Gasteiger charge is 2.26. The van der Waals surface area contributed by atoms with Crippen molar-refractivity contribution in [3.63, 3.8) is 0 Å². The molecule has 1 aliphatic heterocycles. The first-order chi connectivity index (χ1) is 13.8. The van der Waals surface area contributed by atoms with E-state index in [4.69, 9.17) is 25.8 Å². The van der Waals surface area contributed by atoms with Crippen molar-refractivity contribution in [2.75, 3.05) is 7.11 Å². The molecular formula is C20H14BrClINO5. The van der Waals surface area contributed by atoms with E-state index in [2.05, 4.69) is 43.5 Å². The molecule has 0 atom stereocenters. The number of esters is 2. The maximum atomic E-state index is 12.3. The monoisotopic (exact) mass is 589 g/mol. The summed E-state index contributed by atoms with van der Waals surface area (Å²) in [7, 11) is 1.46. The maximum Gasteiger partial charge on any atom is 0.363 e. The van der Waals surface area contributed by atoms with E-state index in [0.29, 0.717) is 26.4 Å². The second-order valence-corrected chi connectivity index (χ2v) is 8.33. The molecule has 3 rings (SSSR count). The van der Waals surface area contributed by atoms with E-state index in [9.17, 15) is 9.59 Å². The summed E-state index contributed by atoms with van der Waals surface area (Å²) in [6, 6.07) is 8.67. The summed E-state index contributed by atoms with van der Waals surface area (Å²) in [4.78, 5) is 28.2. The van der Waals surface area contributed by atoms with Crippen LogP contribution >= 0.6 is 50.1 Å². The first kappa shape index (κ1) is 21.8. The minimum Gasteiger partial charge on any atom is -0.493 e. The Bertz CT molecular complexity index is 1070. The van der Waals surface area contributed by atoms with Gasteiger partial charge in [-0.1, -0.05) is 18.5 Å². The fourth-order valence-corrected chi connectivity index (χ4v) is 3.68. The van der Waals surface area contributed by atoms with Crippen LogP contribution in [0.4, 0.5) is 0 Å². The van der Waals surface area contributed by atoms with Gasteiger partial charge in [-0.15, -0.1) is 0 Å². The number of cyclic esters (lactones) is 1. The number of methoxy groups -OCH3 is 1. The summed E-state index contributed by atoms with van der Waals surface area (Å²) in [6.45, 7) is 1.70. The molecule has 1 aliphatic rings. The first-order valence-corrected chi connectivity index (χ1v) is 10.6. The van der Waals surface area contributed by atoms with Crippen molar-refractivity contribution >= 4 is 74.0 Å². The van der Waals surface area contributed by atoms with Gasteiger partial charge >= 0.3 is 11.9 Å². The normalized spacial score (nSPS) is 14.6. The molecular weight excluding hydrogens is 576 g/mol. The number of rotatable bonds is 5. The largest absolute Gasteiger partial charge is 0.493 e. The molecule has 2 aromatic rings. The third-order valence-corrected chi connectivity index (χ3v) is 5.43. The van der Waals surface area contributed by atoms with E-state index >= 15 is 0 Å². The van der Waals surface area contributed by atoms with E-state index in [-0.39, 0.29) is 23.8 Å². The minimum absolute atomic E-state index is 0.113. The number of hydrogen-bond donors (Lipinski definition) is 0. The molecule has 0 amide bonds. The van der Waals surface area contributed by atoms with Crippen molar-refractivity contribution < 1.29 is 23.8 Å². The number of benzene rings is 2. The predicted octanol–water partition coefficient (Wildman–Crippen LogP) is 5.38. The van der Waals surface area contributed by atoms with Gasteiger partial charge in [-0.05, 0) is 80.5 Å². The number of aliphatic imine (C=N–C) groups is 1. The SMILES string of the molecule is CCC(=O)Oc1c(Br)cc(C=C2N=C(c3cc(I)ccc3Cl)OC2=O)cc1OC. The number of carbonyl (C=O) groups excluding carboxylic acids is 2. The van der Waals surface area contributed by atoms with Crippen LogP contribution in [-0.4, -0.2) is 24.9 Å². The molecule has 0 radical (unpaired) electrons. The Morgan fingerprint density at radius 1 is 1.34 bits per heavy atom. The van der Waals surface area contributed by atoms with E-state index in [0.717, 1.165) is 3.57 Å². The Kier molecular flexibility index (Phi) is 6.97. The zero-order valence-corrected chi connectivity index (χ0v) is 19.8. The summed E-state index contributed by atoms with van der Waals surface area (Å²) < 4.78 is 17.3. The maximum absolute atomic E-state index is 12.3. The van der Waals surface area contributed by atoms with Gasteiger partial charge in [-0.3, -0.25) is 4.79 Å². The summed E-state index contributed by atoms with van der Waals surface area (Å²) in [5.74, 6) is -0.233. The van der Waals surface area contributed by atoms with Gasteiger partial charge in [0.25, 0.3) is 0 Å². The molecule has 0 spiro atoms. The molecule has 0 unspecified atom stereocenters. The molecule has 29 heavy (non-hydrogen) atoms. The molecule has 6 nitrogen and oxygen atoms in total. The van der Waals surface area contributed by atoms with Crippen molar-refractivity contribution in [2.45, 2.75) is 13.3 Å². The van der Waals surface area contributed by atoms with Crippen LogP contribution in [-0.2, 0) is 14.3 Å². The van der Waals surface area contributed by atoms with E-state index < -0.39 is 11.9 Å². The predicted molar refractivity (Wildman–Crippen MR) is 121 cm³/mol. The van der Waals surface area contributed by atoms with Gasteiger partial charge in [-0.25, -0.2) is 9.79 Å². The van der Waals surface area contributed by atoms with Gasteiger partial charge in [-0.2, -0.15) is 0 Å². The minimum atomic E-state index is -0.591. The fraction of sp³-hybridized carbons (Fsp3) is 0.150. The Morgan fingerprint density at radius 2 is 2.10 bits per heavy atom. The molecule has 0 bridgehead atoms. The summed E-state index contributed by atoms with van der Waals surface area (Å²) >= 11 is 11.7. The average molecular weight is 591 g/mol. The van der Waals surface area contributed by atoms with Crippen LogP contribution in [0.25, 0.3) is 6.08 Å². The third kappa shape index (κ3) is 4.99. The van der Waals surface area contributed by atoms with E-state index in [1.54, 1.807) is 37.3 Å². The number of hydrogen-bond acceptors (Lipinski definition) is 6. The lowest BCUT2D eigenvalue weighted by molar-refractivity contribution is -0.134. The van der Waals surface area contributed by atoms with Crippen LogP contribution in [0, 0.1) is 3.57 Å². The van der Waals surface area contributed by atoms with Crippen molar-refractivity contribution in [2.24, 2.45) is 4.99 Å². The van der Waals surface area contributed by atoms with Gasteiger partial charge in [0.15, 0.2) is 17.2 Å². The number of halogens is 3. The Morgan fingerprint density at radius 3 is 2.79 bits per heavy atom. The van der Waals surface area contributed by atoms with Gasteiger partial charge in [0, 0.05) is 9.99 Å². The van der Waals surface area contributed by atoms with Gasteiger partial charge in [0.2, 0.25) is 5.90 Å². The van der Waals surface area contributed by atoms with Gasteiger partial charge in [0.1, 0.15) is 0 Å². The molecule has 0 aliphatic carbocycles. The van der Waals surface area contributed by atoms with Crippen LogP contribution in [0.5, 0.6) is 11.5 Å². The Balaban J connectivity index is 1.98. The molecule has 0 aromatic heterocycles. The molecule has 9 heteroatoms. The van der Waals surface area contributed by atoms with Crippen molar-refractivity contribution in [1.82, 2.24) is 0 Å². The molecule has 0 fully saturated rings. The topological polar surface area (TPSA) is 74.2 Å². The number of ether oxygens (including phenoxy) is 3.